The molecule has 0 amide bonds. The summed E-state index contributed by atoms with van der Waals surface area (Å²) >= 11 is 0. The third kappa shape index (κ3) is 9.34. The molecule has 1 saturated heterocycles. The molecule has 1 aromatic heterocycles. The number of aromatic nitrogens is 2. The van der Waals surface area contributed by atoms with Gasteiger partial charge in [-0.3, -0.25) is 18.9 Å². The zero-order valence-electron chi connectivity index (χ0n) is 17.7. The van der Waals surface area contributed by atoms with Crippen LogP contribution in [0.4, 0.5) is 0 Å². The van der Waals surface area contributed by atoms with Crippen molar-refractivity contribution in [3.63, 3.8) is 0 Å². The van der Waals surface area contributed by atoms with Gasteiger partial charge in [-0.2, -0.15) is 8.62 Å². The molecule has 1 aliphatic rings. The maximum absolute atomic E-state index is 12.3. The van der Waals surface area contributed by atoms with E-state index in [9.17, 15) is 33.1 Å². The number of nitrogens with two attached hydrogens (primary N) is 1. The summed E-state index contributed by atoms with van der Waals surface area (Å²) in [5.74, 6) is 4.96. The van der Waals surface area contributed by atoms with Crippen LogP contribution in [0.5, 0.6) is 0 Å². The van der Waals surface area contributed by atoms with E-state index in [0.717, 1.165) is 10.8 Å². The third-order valence-corrected chi connectivity index (χ3v) is 7.83. The van der Waals surface area contributed by atoms with Gasteiger partial charge in [-0.25, -0.2) is 18.5 Å². The van der Waals surface area contributed by atoms with Crippen LogP contribution in [0.25, 0.3) is 0 Å². The highest BCUT2D eigenvalue weighted by Crippen LogP contribution is 2.66. The predicted octanol–water partition coefficient (Wildman–Crippen LogP) is -0.951. The van der Waals surface area contributed by atoms with Crippen LogP contribution in [0, 0.1) is 11.8 Å². The molecular formula is C15H22N3O14P3. The van der Waals surface area contributed by atoms with E-state index in [0.29, 0.717) is 0 Å². The standard InChI is InChI=1S/C15H22N3O14P3/c1-2-6-28-11-7-13(18-8-10(4-3-5-16)14(19)17-15(18)20)30-12(11)9-29-34(24,25)32-35(26,27)31-33(21,22)23/h2,8,11-13H,1,5-7,9,16H2,(H,24,25)(H,26,27)(H,17,19,20)(H2,21,22,23)/t11-,12+,13+/m0/s1. The molecule has 196 valence electrons. The van der Waals surface area contributed by atoms with Crippen LogP contribution in [-0.4, -0.2) is 61.1 Å². The van der Waals surface area contributed by atoms with Crippen molar-refractivity contribution in [1.29, 1.82) is 0 Å². The van der Waals surface area contributed by atoms with E-state index in [1.807, 2.05) is 0 Å². The summed E-state index contributed by atoms with van der Waals surface area (Å²) in [6.07, 6.45) is -0.607. The number of phosphoric ester groups is 1. The topological polar surface area (TPSA) is 259 Å². The minimum Gasteiger partial charge on any atom is -0.371 e. The fourth-order valence-electron chi connectivity index (χ4n) is 2.79. The maximum Gasteiger partial charge on any atom is 0.490 e. The van der Waals surface area contributed by atoms with Crippen molar-refractivity contribution in [3.8, 4) is 11.8 Å². The second-order valence-electron chi connectivity index (χ2n) is 6.63. The van der Waals surface area contributed by atoms with Crippen molar-refractivity contribution in [2.24, 2.45) is 5.73 Å². The van der Waals surface area contributed by atoms with Crippen LogP contribution in [0.1, 0.15) is 18.2 Å². The minimum atomic E-state index is -5.70. The van der Waals surface area contributed by atoms with Crippen molar-refractivity contribution in [2.45, 2.75) is 24.9 Å². The quantitative estimate of drug-likeness (QED) is 0.108. The van der Waals surface area contributed by atoms with Crippen molar-refractivity contribution < 1.29 is 55.9 Å². The second kappa shape index (κ2) is 12.0. The molecule has 5 atom stereocenters. The fraction of sp³-hybridized carbons (Fsp3) is 0.467. The number of H-pyrrole nitrogens is 1. The van der Waals surface area contributed by atoms with Gasteiger partial charge < -0.3 is 34.8 Å². The second-order valence-corrected chi connectivity index (χ2v) is 11.0. The summed E-state index contributed by atoms with van der Waals surface area (Å²) in [5.41, 5.74) is 3.59. The molecule has 0 radical (unpaired) electrons. The molecular weight excluding hydrogens is 539 g/mol. The number of nitrogens with one attached hydrogen (secondary N) is 1. The first-order valence-corrected chi connectivity index (χ1v) is 13.9. The lowest BCUT2D eigenvalue weighted by Crippen LogP contribution is -2.33. The first kappa shape index (κ1) is 29.5. The highest BCUT2D eigenvalue weighted by Gasteiger charge is 2.43. The fourth-order valence-corrected chi connectivity index (χ4v) is 5.82. The number of hydrogen-bond donors (Lipinski definition) is 6. The lowest BCUT2D eigenvalue weighted by Gasteiger charge is -2.21. The Morgan fingerprint density at radius 1 is 1.23 bits per heavy atom. The summed E-state index contributed by atoms with van der Waals surface area (Å²) in [6, 6.07) is 0. The Kier molecular flexibility index (Phi) is 10.1. The molecule has 2 unspecified atom stereocenters. The summed E-state index contributed by atoms with van der Waals surface area (Å²) < 4.78 is 58.2. The predicted molar refractivity (Wildman–Crippen MR) is 116 cm³/mol. The lowest BCUT2D eigenvalue weighted by molar-refractivity contribution is -0.0571. The normalized spacial score (nSPS) is 23.6. The Hall–Kier alpha value is -1.73. The van der Waals surface area contributed by atoms with Gasteiger partial charge in [0.1, 0.15) is 17.9 Å². The summed E-state index contributed by atoms with van der Waals surface area (Å²) in [5, 5.41) is 0. The molecule has 0 aliphatic carbocycles. The van der Waals surface area contributed by atoms with E-state index >= 15 is 0 Å². The largest absolute Gasteiger partial charge is 0.490 e. The molecule has 2 heterocycles. The zero-order valence-corrected chi connectivity index (χ0v) is 20.3. The van der Waals surface area contributed by atoms with E-state index in [4.69, 9.17) is 25.0 Å². The van der Waals surface area contributed by atoms with Gasteiger partial charge in [0.25, 0.3) is 5.56 Å². The number of phosphoric acid groups is 3. The molecule has 0 bridgehead atoms. The van der Waals surface area contributed by atoms with E-state index < -0.39 is 59.8 Å². The van der Waals surface area contributed by atoms with Crippen molar-refractivity contribution >= 4 is 23.5 Å². The zero-order chi connectivity index (χ0) is 26.4. The summed E-state index contributed by atoms with van der Waals surface area (Å²) in [4.78, 5) is 62.3. The molecule has 1 aromatic rings. The van der Waals surface area contributed by atoms with Gasteiger partial charge in [0, 0.05) is 12.6 Å². The van der Waals surface area contributed by atoms with Crippen LogP contribution >= 0.6 is 23.5 Å². The number of hydrogen-bond acceptors (Lipinski definition) is 11. The monoisotopic (exact) mass is 561 g/mol. The van der Waals surface area contributed by atoms with Crippen LogP contribution in [-0.2, 0) is 36.3 Å². The van der Waals surface area contributed by atoms with Crippen LogP contribution in [0.2, 0.25) is 0 Å². The molecule has 20 heteroatoms. The van der Waals surface area contributed by atoms with Gasteiger partial charge in [0.2, 0.25) is 0 Å². The van der Waals surface area contributed by atoms with Gasteiger partial charge >= 0.3 is 29.2 Å². The molecule has 17 nitrogen and oxygen atoms in total. The van der Waals surface area contributed by atoms with Gasteiger partial charge in [-0.15, -0.1) is 6.58 Å². The first-order chi connectivity index (χ1) is 16.2. The number of rotatable bonds is 11. The molecule has 1 fully saturated rings. The lowest BCUT2D eigenvalue weighted by atomic mass is 10.2. The highest BCUT2D eigenvalue weighted by molar-refractivity contribution is 7.66. The van der Waals surface area contributed by atoms with Crippen LogP contribution in [0.15, 0.2) is 28.4 Å². The molecule has 1 aliphatic heterocycles. The molecule has 2 rings (SSSR count). The average Bonchev–Trinajstić information content (AvgIpc) is 3.10. The van der Waals surface area contributed by atoms with Crippen LogP contribution in [0.3, 0.4) is 0 Å². The van der Waals surface area contributed by atoms with Gasteiger partial charge in [-0.05, 0) is 0 Å². The SMILES string of the molecule is C=CCO[C@H]1C[C@H](n2cc(C#CCN)c(=O)[nH]c2=O)O[C@@H]1COP(=O)(O)OP(=O)(O)OP(=O)(O)O. The Balaban J connectivity index is 2.20. The van der Waals surface area contributed by atoms with Gasteiger partial charge in [-0.1, -0.05) is 17.9 Å². The van der Waals surface area contributed by atoms with E-state index in [1.54, 1.807) is 0 Å². The minimum absolute atomic E-state index is 0.000245. The molecule has 0 spiro atoms. The Labute approximate surface area is 196 Å². The Morgan fingerprint density at radius 2 is 1.91 bits per heavy atom. The van der Waals surface area contributed by atoms with Crippen molar-refractivity contribution in [3.05, 3.63) is 45.3 Å². The summed E-state index contributed by atoms with van der Waals surface area (Å²) in [6.45, 7) is 2.64. The summed E-state index contributed by atoms with van der Waals surface area (Å²) in [7, 11) is -16.7. The first-order valence-electron chi connectivity index (χ1n) is 9.37. The van der Waals surface area contributed by atoms with E-state index in [2.05, 4.69) is 36.5 Å². The number of ether oxygens (including phenoxy) is 2. The van der Waals surface area contributed by atoms with Crippen molar-refractivity contribution in [1.82, 2.24) is 9.55 Å². The molecule has 0 saturated carbocycles. The van der Waals surface area contributed by atoms with Gasteiger partial charge in [0.15, 0.2) is 0 Å². The molecule has 35 heavy (non-hydrogen) atoms. The molecule has 0 aromatic carbocycles. The maximum atomic E-state index is 12.3. The smallest absolute Gasteiger partial charge is 0.371 e. The average molecular weight is 561 g/mol. The third-order valence-electron chi connectivity index (χ3n) is 4.03. The van der Waals surface area contributed by atoms with E-state index in [1.165, 1.54) is 6.08 Å². The number of nitrogens with zero attached hydrogens (tertiary/aromatic N) is 1. The van der Waals surface area contributed by atoms with Crippen molar-refractivity contribution in [2.75, 3.05) is 19.8 Å². The van der Waals surface area contributed by atoms with Gasteiger partial charge in [0.05, 0.1) is 25.9 Å². The Morgan fingerprint density at radius 3 is 2.51 bits per heavy atom. The molecule has 7 N–H and O–H groups in total. The highest BCUT2D eigenvalue weighted by atomic mass is 31.3. The van der Waals surface area contributed by atoms with E-state index in [-0.39, 0.29) is 25.1 Å². The van der Waals surface area contributed by atoms with Crippen LogP contribution < -0.4 is 17.0 Å². The number of aromatic amines is 1. The Bertz CT molecular complexity index is 1240.